The van der Waals surface area contributed by atoms with Crippen molar-refractivity contribution in [3.8, 4) is 5.75 Å². The van der Waals surface area contributed by atoms with Crippen molar-refractivity contribution in [3.63, 3.8) is 0 Å². The third-order valence-electron chi connectivity index (χ3n) is 2.71. The molecule has 2 rings (SSSR count). The Hall–Kier alpha value is -1.06. The molecule has 0 fully saturated rings. The highest BCUT2D eigenvalue weighted by molar-refractivity contribution is 9.10. The van der Waals surface area contributed by atoms with Crippen LogP contribution in [0.25, 0.3) is 0 Å². The van der Waals surface area contributed by atoms with E-state index in [1.165, 1.54) is 0 Å². The van der Waals surface area contributed by atoms with Crippen LogP contribution in [0.1, 0.15) is 24.4 Å². The molecule has 0 bridgehead atoms. The van der Waals surface area contributed by atoms with E-state index in [1.54, 1.807) is 12.1 Å². The maximum absolute atomic E-state index is 9.78. The van der Waals surface area contributed by atoms with Crippen molar-refractivity contribution < 1.29 is 5.11 Å². The van der Waals surface area contributed by atoms with Gasteiger partial charge in [0.05, 0.1) is 6.04 Å². The summed E-state index contributed by atoms with van der Waals surface area (Å²) in [5.41, 5.74) is 7.96. The molecule has 0 radical (unpaired) electrons. The van der Waals surface area contributed by atoms with Crippen LogP contribution < -0.4 is 5.73 Å². The van der Waals surface area contributed by atoms with Gasteiger partial charge in [-0.25, -0.2) is 0 Å². The fraction of sp³-hybridized carbons (Fsp3) is 0.231. The monoisotopic (exact) mass is 279 g/mol. The molecule has 1 atom stereocenters. The molecule has 1 unspecified atom stereocenters. The standard InChI is InChI=1S/C13H14BrNO/c14-10-6-7-12(16)11(8-10)13(15)9-4-2-1-3-5-9/h2,4-8,13,16H,1,3,15H2. The first-order chi connectivity index (χ1) is 7.68. The third-order valence-corrected chi connectivity index (χ3v) is 3.20. The zero-order valence-corrected chi connectivity index (χ0v) is 10.4. The van der Waals surface area contributed by atoms with E-state index in [0.717, 1.165) is 28.5 Å². The van der Waals surface area contributed by atoms with Crippen LogP contribution >= 0.6 is 15.9 Å². The Morgan fingerprint density at radius 3 is 2.81 bits per heavy atom. The quantitative estimate of drug-likeness (QED) is 0.871. The van der Waals surface area contributed by atoms with Gasteiger partial charge in [0.1, 0.15) is 5.75 Å². The molecule has 0 amide bonds. The molecule has 84 valence electrons. The van der Waals surface area contributed by atoms with E-state index in [0.29, 0.717) is 0 Å². The van der Waals surface area contributed by atoms with Gasteiger partial charge in [-0.15, -0.1) is 0 Å². The zero-order chi connectivity index (χ0) is 11.5. The van der Waals surface area contributed by atoms with Crippen molar-refractivity contribution >= 4 is 15.9 Å². The average Bonchev–Trinajstić information content (AvgIpc) is 2.32. The predicted octanol–water partition coefficient (Wildman–Crippen LogP) is 3.43. The summed E-state index contributed by atoms with van der Waals surface area (Å²) in [7, 11) is 0. The van der Waals surface area contributed by atoms with Crippen molar-refractivity contribution in [3.05, 3.63) is 52.0 Å². The summed E-state index contributed by atoms with van der Waals surface area (Å²) in [6.07, 6.45) is 8.37. The molecular formula is C13H14BrNO. The summed E-state index contributed by atoms with van der Waals surface area (Å²) in [6, 6.07) is 5.07. The summed E-state index contributed by atoms with van der Waals surface area (Å²) < 4.78 is 0.927. The van der Waals surface area contributed by atoms with Crippen LogP contribution in [0.4, 0.5) is 0 Å². The number of nitrogens with two attached hydrogens (primary N) is 1. The number of rotatable bonds is 2. The minimum atomic E-state index is -0.256. The zero-order valence-electron chi connectivity index (χ0n) is 8.86. The summed E-state index contributed by atoms with van der Waals surface area (Å²) in [4.78, 5) is 0. The molecule has 1 aromatic carbocycles. The number of hydrogen-bond acceptors (Lipinski definition) is 2. The van der Waals surface area contributed by atoms with Gasteiger partial charge in [0.15, 0.2) is 0 Å². The third kappa shape index (κ3) is 2.36. The Labute approximate surface area is 104 Å². The first-order valence-electron chi connectivity index (χ1n) is 5.29. The number of halogens is 1. The number of phenols is 1. The van der Waals surface area contributed by atoms with Gasteiger partial charge in [-0.3, -0.25) is 0 Å². The smallest absolute Gasteiger partial charge is 0.120 e. The van der Waals surface area contributed by atoms with Crippen molar-refractivity contribution in [1.29, 1.82) is 0 Å². The summed E-state index contributed by atoms with van der Waals surface area (Å²) in [5.74, 6) is 0.246. The fourth-order valence-electron chi connectivity index (χ4n) is 1.82. The van der Waals surface area contributed by atoms with Crippen LogP contribution in [0.15, 0.2) is 46.5 Å². The number of phenolic OH excluding ortho intramolecular Hbond substituents is 1. The molecule has 0 aromatic heterocycles. The minimum absolute atomic E-state index is 0.246. The average molecular weight is 280 g/mol. The molecule has 1 aliphatic carbocycles. The van der Waals surface area contributed by atoms with Crippen LogP contribution in [-0.4, -0.2) is 5.11 Å². The fourth-order valence-corrected chi connectivity index (χ4v) is 2.20. The Morgan fingerprint density at radius 1 is 1.31 bits per heavy atom. The molecule has 1 aliphatic rings. The van der Waals surface area contributed by atoms with Gasteiger partial charge in [-0.05, 0) is 36.6 Å². The lowest BCUT2D eigenvalue weighted by Crippen LogP contribution is -2.13. The number of aromatic hydroxyl groups is 1. The second-order valence-electron chi connectivity index (χ2n) is 3.86. The van der Waals surface area contributed by atoms with Gasteiger partial charge >= 0.3 is 0 Å². The van der Waals surface area contributed by atoms with Gasteiger partial charge in [-0.1, -0.05) is 34.2 Å². The van der Waals surface area contributed by atoms with E-state index in [2.05, 4.69) is 28.1 Å². The molecule has 0 saturated heterocycles. The Bertz CT molecular complexity index is 451. The minimum Gasteiger partial charge on any atom is -0.508 e. The van der Waals surface area contributed by atoms with Crippen LogP contribution in [0.3, 0.4) is 0 Å². The van der Waals surface area contributed by atoms with E-state index in [-0.39, 0.29) is 11.8 Å². The Morgan fingerprint density at radius 2 is 2.12 bits per heavy atom. The van der Waals surface area contributed by atoms with Gasteiger partial charge < -0.3 is 10.8 Å². The maximum Gasteiger partial charge on any atom is 0.120 e. The predicted molar refractivity (Wildman–Crippen MR) is 69.2 cm³/mol. The second kappa shape index (κ2) is 4.85. The topological polar surface area (TPSA) is 46.2 Å². The molecule has 0 spiro atoms. The van der Waals surface area contributed by atoms with E-state index >= 15 is 0 Å². The van der Waals surface area contributed by atoms with Gasteiger partial charge in [-0.2, -0.15) is 0 Å². The van der Waals surface area contributed by atoms with Crippen LogP contribution in [0, 0.1) is 0 Å². The summed E-state index contributed by atoms with van der Waals surface area (Å²) in [6.45, 7) is 0. The van der Waals surface area contributed by atoms with Gasteiger partial charge in [0.2, 0.25) is 0 Å². The van der Waals surface area contributed by atoms with Crippen LogP contribution in [0.2, 0.25) is 0 Å². The van der Waals surface area contributed by atoms with Crippen molar-refractivity contribution in [2.75, 3.05) is 0 Å². The summed E-state index contributed by atoms with van der Waals surface area (Å²) in [5, 5.41) is 9.78. The first-order valence-corrected chi connectivity index (χ1v) is 6.08. The first kappa shape index (κ1) is 11.4. The molecule has 0 aliphatic heterocycles. The molecule has 0 saturated carbocycles. The number of benzene rings is 1. The lowest BCUT2D eigenvalue weighted by atomic mass is 9.94. The van der Waals surface area contributed by atoms with Gasteiger partial charge in [0.25, 0.3) is 0 Å². The van der Waals surface area contributed by atoms with Crippen LogP contribution in [-0.2, 0) is 0 Å². The molecule has 1 aromatic rings. The molecule has 0 heterocycles. The maximum atomic E-state index is 9.78. The normalized spacial score (nSPS) is 17.0. The second-order valence-corrected chi connectivity index (χ2v) is 4.78. The highest BCUT2D eigenvalue weighted by Crippen LogP contribution is 2.31. The number of allylic oxidation sites excluding steroid dienone is 2. The number of hydrogen-bond donors (Lipinski definition) is 2. The molecule has 3 heteroatoms. The van der Waals surface area contributed by atoms with Crippen LogP contribution in [0.5, 0.6) is 5.75 Å². The van der Waals surface area contributed by atoms with Crippen molar-refractivity contribution in [1.82, 2.24) is 0 Å². The highest BCUT2D eigenvalue weighted by Gasteiger charge is 2.15. The van der Waals surface area contributed by atoms with E-state index < -0.39 is 0 Å². The Balaban J connectivity index is 2.33. The Kier molecular flexibility index (Phi) is 3.46. The largest absolute Gasteiger partial charge is 0.508 e. The van der Waals surface area contributed by atoms with E-state index in [4.69, 9.17) is 5.73 Å². The van der Waals surface area contributed by atoms with Crippen molar-refractivity contribution in [2.24, 2.45) is 5.73 Å². The highest BCUT2D eigenvalue weighted by atomic mass is 79.9. The van der Waals surface area contributed by atoms with Crippen molar-refractivity contribution in [2.45, 2.75) is 18.9 Å². The van der Waals surface area contributed by atoms with E-state index in [9.17, 15) is 5.11 Å². The molecule has 3 N–H and O–H groups in total. The molecule has 2 nitrogen and oxygen atoms in total. The van der Waals surface area contributed by atoms with Gasteiger partial charge in [0, 0.05) is 10.0 Å². The molecular weight excluding hydrogens is 266 g/mol. The van der Waals surface area contributed by atoms with E-state index in [1.807, 2.05) is 12.1 Å². The SMILES string of the molecule is NC(C1=CCCC=C1)c1cc(Br)ccc1O. The lowest BCUT2D eigenvalue weighted by Gasteiger charge is -2.17. The molecule has 16 heavy (non-hydrogen) atoms. The summed E-state index contributed by atoms with van der Waals surface area (Å²) >= 11 is 3.38. The lowest BCUT2D eigenvalue weighted by molar-refractivity contribution is 0.465.